The SMILES string of the molecule is Cc1cc(Nc2ncc(C)c(Nc3ccccc3C(=O)NC3CC3)n2)c(OC(C)C)cc1C1CCN(C)CC1. The Hall–Kier alpha value is -3.65. The van der Waals surface area contributed by atoms with Crippen LogP contribution in [-0.2, 0) is 0 Å². The zero-order valence-corrected chi connectivity index (χ0v) is 23.7. The Morgan fingerprint density at radius 2 is 1.74 bits per heavy atom. The van der Waals surface area contributed by atoms with Crippen molar-refractivity contribution >= 4 is 29.0 Å². The topological polar surface area (TPSA) is 91.4 Å². The molecule has 3 aromatic rings. The standard InChI is InChI=1S/C31H40N6O2/c1-19(2)39-28-17-25(22-12-14-37(5)15-13-22)20(3)16-27(28)35-31-32-18-21(4)29(36-31)34-26-9-7-6-8-24(26)30(38)33-23-10-11-23/h6-9,16-19,22-23H,10-15H2,1-5H3,(H,33,38)(H2,32,34,35,36). The lowest BCUT2D eigenvalue weighted by Gasteiger charge is -2.30. The highest BCUT2D eigenvalue weighted by molar-refractivity contribution is 6.00. The summed E-state index contributed by atoms with van der Waals surface area (Å²) in [6.45, 7) is 10.4. The van der Waals surface area contributed by atoms with Crippen molar-refractivity contribution < 1.29 is 9.53 Å². The predicted molar refractivity (Wildman–Crippen MR) is 157 cm³/mol. The fourth-order valence-electron chi connectivity index (χ4n) is 5.07. The van der Waals surface area contributed by atoms with Crippen LogP contribution in [0.15, 0.2) is 42.6 Å². The summed E-state index contributed by atoms with van der Waals surface area (Å²) in [5.41, 5.74) is 5.64. The minimum atomic E-state index is -0.0682. The van der Waals surface area contributed by atoms with Crippen molar-refractivity contribution in [3.05, 3.63) is 64.8 Å². The largest absolute Gasteiger partial charge is 0.489 e. The van der Waals surface area contributed by atoms with Crippen molar-refractivity contribution in [1.82, 2.24) is 20.2 Å². The number of likely N-dealkylation sites (tertiary alicyclic amines) is 1. The van der Waals surface area contributed by atoms with Crippen molar-refractivity contribution in [3.8, 4) is 5.75 Å². The van der Waals surface area contributed by atoms with E-state index in [0.29, 0.717) is 35.0 Å². The van der Waals surface area contributed by atoms with E-state index in [-0.39, 0.29) is 12.0 Å². The molecule has 2 aliphatic rings. The lowest BCUT2D eigenvalue weighted by Crippen LogP contribution is -2.29. The molecule has 1 aliphatic carbocycles. The number of benzene rings is 2. The minimum absolute atomic E-state index is 0.0352. The number of para-hydroxylation sites is 1. The average Bonchev–Trinajstić information content (AvgIpc) is 3.72. The van der Waals surface area contributed by atoms with Gasteiger partial charge in [0.25, 0.3) is 5.91 Å². The molecule has 1 aromatic heterocycles. The lowest BCUT2D eigenvalue weighted by molar-refractivity contribution is 0.0952. The molecule has 1 amide bonds. The fraction of sp³-hybridized carbons (Fsp3) is 0.452. The zero-order valence-electron chi connectivity index (χ0n) is 23.7. The molecular weight excluding hydrogens is 488 g/mol. The minimum Gasteiger partial charge on any atom is -0.489 e. The van der Waals surface area contributed by atoms with Gasteiger partial charge < -0.3 is 25.6 Å². The van der Waals surface area contributed by atoms with Crippen molar-refractivity contribution in [2.75, 3.05) is 30.8 Å². The highest BCUT2D eigenvalue weighted by atomic mass is 16.5. The van der Waals surface area contributed by atoms with Gasteiger partial charge in [0, 0.05) is 17.8 Å². The molecule has 2 heterocycles. The van der Waals surface area contributed by atoms with Crippen LogP contribution in [-0.4, -0.2) is 53.1 Å². The van der Waals surface area contributed by atoms with Crippen molar-refractivity contribution in [3.63, 3.8) is 0 Å². The lowest BCUT2D eigenvalue weighted by atomic mass is 9.86. The summed E-state index contributed by atoms with van der Waals surface area (Å²) in [4.78, 5) is 24.5. The average molecular weight is 529 g/mol. The molecule has 1 saturated heterocycles. The number of carbonyl (C=O) groups is 1. The highest BCUT2D eigenvalue weighted by Gasteiger charge is 2.25. The monoisotopic (exact) mass is 528 g/mol. The molecule has 2 aromatic carbocycles. The summed E-state index contributed by atoms with van der Waals surface area (Å²) >= 11 is 0. The van der Waals surface area contributed by atoms with Gasteiger partial charge in [0.1, 0.15) is 11.6 Å². The first-order chi connectivity index (χ1) is 18.8. The molecule has 3 N–H and O–H groups in total. The summed E-state index contributed by atoms with van der Waals surface area (Å²) in [5, 5.41) is 9.85. The van der Waals surface area contributed by atoms with Gasteiger partial charge in [-0.3, -0.25) is 4.79 Å². The molecule has 0 unspecified atom stereocenters. The van der Waals surface area contributed by atoms with Crippen molar-refractivity contribution in [2.24, 2.45) is 0 Å². The number of nitrogens with one attached hydrogen (secondary N) is 3. The molecule has 0 atom stereocenters. The number of hydrogen-bond acceptors (Lipinski definition) is 7. The summed E-state index contributed by atoms with van der Waals surface area (Å²) in [6.07, 6.45) is 6.22. The summed E-state index contributed by atoms with van der Waals surface area (Å²) in [5.74, 6) is 2.38. The summed E-state index contributed by atoms with van der Waals surface area (Å²) in [6, 6.07) is 12.2. The Kier molecular flexibility index (Phi) is 8.02. The zero-order chi connectivity index (χ0) is 27.5. The van der Waals surface area contributed by atoms with E-state index in [2.05, 4.69) is 51.9 Å². The number of anilines is 4. The fourth-order valence-corrected chi connectivity index (χ4v) is 5.07. The van der Waals surface area contributed by atoms with Crippen LogP contribution in [0.5, 0.6) is 5.75 Å². The second-order valence-electron chi connectivity index (χ2n) is 11.2. The molecule has 2 fully saturated rings. The van der Waals surface area contributed by atoms with Crippen LogP contribution in [0.2, 0.25) is 0 Å². The maximum absolute atomic E-state index is 12.8. The summed E-state index contributed by atoms with van der Waals surface area (Å²) in [7, 11) is 2.19. The van der Waals surface area contributed by atoms with Gasteiger partial charge in [0.15, 0.2) is 0 Å². The number of aromatic nitrogens is 2. The number of aryl methyl sites for hydroxylation is 2. The third-order valence-corrected chi connectivity index (χ3v) is 7.44. The first-order valence-electron chi connectivity index (χ1n) is 14.0. The van der Waals surface area contributed by atoms with E-state index in [4.69, 9.17) is 9.72 Å². The van der Waals surface area contributed by atoms with Crippen LogP contribution in [0.25, 0.3) is 0 Å². The first kappa shape index (κ1) is 26.9. The van der Waals surface area contributed by atoms with Gasteiger partial charge in [0.05, 0.1) is 23.0 Å². The number of carbonyl (C=O) groups excluding carboxylic acids is 1. The molecule has 1 saturated carbocycles. The van der Waals surface area contributed by atoms with Gasteiger partial charge in [-0.05, 0) is 115 Å². The molecule has 206 valence electrons. The Morgan fingerprint density at radius 1 is 1.00 bits per heavy atom. The quantitative estimate of drug-likeness (QED) is 0.310. The number of hydrogen-bond donors (Lipinski definition) is 3. The maximum atomic E-state index is 12.8. The summed E-state index contributed by atoms with van der Waals surface area (Å²) < 4.78 is 6.27. The third kappa shape index (κ3) is 6.68. The number of amides is 1. The van der Waals surface area contributed by atoms with E-state index in [9.17, 15) is 4.79 Å². The van der Waals surface area contributed by atoms with Crippen LogP contribution in [0.1, 0.15) is 72.5 Å². The molecular formula is C31H40N6O2. The smallest absolute Gasteiger partial charge is 0.253 e. The van der Waals surface area contributed by atoms with E-state index >= 15 is 0 Å². The van der Waals surface area contributed by atoms with Crippen LogP contribution in [0.4, 0.5) is 23.1 Å². The number of ether oxygens (including phenoxy) is 1. The molecule has 0 spiro atoms. The van der Waals surface area contributed by atoms with Gasteiger partial charge >= 0.3 is 0 Å². The van der Waals surface area contributed by atoms with Gasteiger partial charge in [-0.25, -0.2) is 4.98 Å². The molecule has 0 bridgehead atoms. The molecule has 8 heteroatoms. The van der Waals surface area contributed by atoms with Crippen molar-refractivity contribution in [1.29, 1.82) is 0 Å². The van der Waals surface area contributed by atoms with Crippen molar-refractivity contribution in [2.45, 2.75) is 71.4 Å². The molecule has 5 rings (SSSR count). The highest BCUT2D eigenvalue weighted by Crippen LogP contribution is 2.38. The second-order valence-corrected chi connectivity index (χ2v) is 11.2. The van der Waals surface area contributed by atoms with E-state index in [1.54, 1.807) is 6.20 Å². The van der Waals surface area contributed by atoms with Crippen LogP contribution < -0.4 is 20.7 Å². The Balaban J connectivity index is 1.40. The van der Waals surface area contributed by atoms with Gasteiger partial charge in [0.2, 0.25) is 5.95 Å². The Morgan fingerprint density at radius 3 is 2.46 bits per heavy atom. The van der Waals surface area contributed by atoms with Crippen LogP contribution >= 0.6 is 0 Å². The van der Waals surface area contributed by atoms with Gasteiger partial charge in [-0.2, -0.15) is 4.98 Å². The second kappa shape index (κ2) is 11.6. The van der Waals surface area contributed by atoms with Crippen LogP contribution in [0.3, 0.4) is 0 Å². The van der Waals surface area contributed by atoms with E-state index < -0.39 is 0 Å². The Labute approximate surface area is 231 Å². The molecule has 39 heavy (non-hydrogen) atoms. The normalized spacial score (nSPS) is 16.3. The Bertz CT molecular complexity index is 1330. The maximum Gasteiger partial charge on any atom is 0.253 e. The third-order valence-electron chi connectivity index (χ3n) is 7.44. The van der Waals surface area contributed by atoms with E-state index in [0.717, 1.165) is 55.8 Å². The number of piperidine rings is 1. The molecule has 0 radical (unpaired) electrons. The van der Waals surface area contributed by atoms with Gasteiger partial charge in [-0.15, -0.1) is 0 Å². The van der Waals surface area contributed by atoms with Gasteiger partial charge in [-0.1, -0.05) is 12.1 Å². The number of rotatable bonds is 9. The first-order valence-corrected chi connectivity index (χ1v) is 14.0. The van der Waals surface area contributed by atoms with E-state index in [1.165, 1.54) is 11.1 Å². The molecule has 8 nitrogen and oxygen atoms in total. The number of nitrogens with zero attached hydrogens (tertiary/aromatic N) is 3. The molecule has 1 aliphatic heterocycles. The van der Waals surface area contributed by atoms with Crippen LogP contribution in [0, 0.1) is 13.8 Å². The van der Waals surface area contributed by atoms with E-state index in [1.807, 2.05) is 45.0 Å². The predicted octanol–water partition coefficient (Wildman–Crippen LogP) is 6.07.